The number of anilines is 1. The molecule has 0 aliphatic rings. The number of benzene rings is 2. The highest BCUT2D eigenvalue weighted by Crippen LogP contribution is 2.25. The molecule has 2 aromatic carbocycles. The standard InChI is InChI=1S/C21H23N3O/c1-14-7-5-9-18(11-14)20-13-21(24-16(3)23-20)22-15(2)17-8-6-10-19(12-17)25-4/h5-13,15H,1-4H3,(H,22,23,24)/t15-/m0/s1. The van der Waals surface area contributed by atoms with E-state index < -0.39 is 0 Å². The molecule has 25 heavy (non-hydrogen) atoms. The van der Waals surface area contributed by atoms with E-state index in [2.05, 4.69) is 53.4 Å². The number of hydrogen-bond acceptors (Lipinski definition) is 4. The van der Waals surface area contributed by atoms with Gasteiger partial charge in [0.05, 0.1) is 18.8 Å². The van der Waals surface area contributed by atoms with Gasteiger partial charge < -0.3 is 10.1 Å². The number of aryl methyl sites for hydroxylation is 2. The number of hydrogen-bond donors (Lipinski definition) is 1. The van der Waals surface area contributed by atoms with Crippen LogP contribution in [0.2, 0.25) is 0 Å². The normalized spacial score (nSPS) is 11.8. The van der Waals surface area contributed by atoms with Crippen molar-refractivity contribution in [3.8, 4) is 17.0 Å². The van der Waals surface area contributed by atoms with Crippen molar-refractivity contribution < 1.29 is 4.74 Å². The maximum absolute atomic E-state index is 5.31. The third-order valence-electron chi connectivity index (χ3n) is 4.11. The molecule has 1 aromatic heterocycles. The molecule has 4 heteroatoms. The molecule has 0 aliphatic carbocycles. The molecule has 1 N–H and O–H groups in total. The van der Waals surface area contributed by atoms with E-state index in [0.717, 1.165) is 34.2 Å². The number of nitrogens with zero attached hydrogens (tertiary/aromatic N) is 2. The molecule has 0 aliphatic heterocycles. The van der Waals surface area contributed by atoms with Gasteiger partial charge in [0, 0.05) is 11.6 Å². The highest BCUT2D eigenvalue weighted by molar-refractivity contribution is 5.63. The lowest BCUT2D eigenvalue weighted by Gasteiger charge is -2.17. The zero-order valence-electron chi connectivity index (χ0n) is 15.1. The molecule has 0 fully saturated rings. The summed E-state index contributed by atoms with van der Waals surface area (Å²) in [5.41, 5.74) is 4.39. The van der Waals surface area contributed by atoms with Crippen LogP contribution in [0.5, 0.6) is 5.75 Å². The van der Waals surface area contributed by atoms with Gasteiger partial charge in [0.15, 0.2) is 0 Å². The van der Waals surface area contributed by atoms with E-state index >= 15 is 0 Å². The molecule has 0 amide bonds. The summed E-state index contributed by atoms with van der Waals surface area (Å²) in [5, 5.41) is 3.47. The SMILES string of the molecule is COc1cccc([C@H](C)Nc2cc(-c3cccc(C)c3)nc(C)n2)c1. The molecular weight excluding hydrogens is 310 g/mol. The van der Waals surface area contributed by atoms with E-state index in [1.807, 2.05) is 37.3 Å². The molecule has 0 unspecified atom stereocenters. The van der Waals surface area contributed by atoms with E-state index in [0.29, 0.717) is 0 Å². The first-order chi connectivity index (χ1) is 12.0. The molecule has 0 saturated heterocycles. The second kappa shape index (κ2) is 7.34. The molecule has 0 radical (unpaired) electrons. The third-order valence-corrected chi connectivity index (χ3v) is 4.11. The van der Waals surface area contributed by atoms with Gasteiger partial charge in [-0.05, 0) is 44.5 Å². The largest absolute Gasteiger partial charge is 0.497 e. The van der Waals surface area contributed by atoms with Crippen LogP contribution < -0.4 is 10.1 Å². The van der Waals surface area contributed by atoms with Gasteiger partial charge in [-0.3, -0.25) is 0 Å². The van der Waals surface area contributed by atoms with E-state index in [9.17, 15) is 0 Å². The maximum atomic E-state index is 5.31. The Bertz CT molecular complexity index is 877. The smallest absolute Gasteiger partial charge is 0.130 e. The lowest BCUT2D eigenvalue weighted by molar-refractivity contribution is 0.414. The summed E-state index contributed by atoms with van der Waals surface area (Å²) in [6.45, 7) is 6.11. The van der Waals surface area contributed by atoms with Crippen molar-refractivity contribution in [3.63, 3.8) is 0 Å². The predicted octanol–water partition coefficient (Wildman–Crippen LogP) is 4.94. The Morgan fingerprint density at radius 2 is 1.76 bits per heavy atom. The topological polar surface area (TPSA) is 47.0 Å². The van der Waals surface area contributed by atoms with Crippen LogP contribution in [-0.4, -0.2) is 17.1 Å². The summed E-state index contributed by atoms with van der Waals surface area (Å²) >= 11 is 0. The first kappa shape index (κ1) is 17.0. The van der Waals surface area contributed by atoms with Crippen molar-refractivity contribution >= 4 is 5.82 Å². The minimum atomic E-state index is 0.106. The summed E-state index contributed by atoms with van der Waals surface area (Å²) in [4.78, 5) is 9.12. The Morgan fingerprint density at radius 3 is 2.52 bits per heavy atom. The fourth-order valence-corrected chi connectivity index (χ4v) is 2.81. The minimum absolute atomic E-state index is 0.106. The molecule has 3 aromatic rings. The van der Waals surface area contributed by atoms with Crippen LogP contribution in [0, 0.1) is 13.8 Å². The van der Waals surface area contributed by atoms with E-state index in [4.69, 9.17) is 4.74 Å². The Morgan fingerprint density at radius 1 is 0.960 bits per heavy atom. The summed E-state index contributed by atoms with van der Waals surface area (Å²) in [6.07, 6.45) is 0. The number of nitrogens with one attached hydrogen (secondary N) is 1. The number of ether oxygens (including phenoxy) is 1. The Kier molecular flexibility index (Phi) is 4.98. The van der Waals surface area contributed by atoms with E-state index in [1.165, 1.54) is 5.56 Å². The van der Waals surface area contributed by atoms with Crippen molar-refractivity contribution in [1.82, 2.24) is 9.97 Å². The second-order valence-electron chi connectivity index (χ2n) is 6.20. The lowest BCUT2D eigenvalue weighted by atomic mass is 10.1. The van der Waals surface area contributed by atoms with Gasteiger partial charge in [0.25, 0.3) is 0 Å². The van der Waals surface area contributed by atoms with Crippen molar-refractivity contribution in [2.45, 2.75) is 26.8 Å². The first-order valence-corrected chi connectivity index (χ1v) is 8.38. The Balaban J connectivity index is 1.87. The van der Waals surface area contributed by atoms with Crippen LogP contribution in [0.4, 0.5) is 5.82 Å². The quantitative estimate of drug-likeness (QED) is 0.718. The van der Waals surface area contributed by atoms with Crippen LogP contribution in [0.15, 0.2) is 54.6 Å². The predicted molar refractivity (Wildman–Crippen MR) is 102 cm³/mol. The summed E-state index contributed by atoms with van der Waals surface area (Å²) in [7, 11) is 1.68. The molecule has 0 bridgehead atoms. The van der Waals surface area contributed by atoms with Crippen LogP contribution in [0.3, 0.4) is 0 Å². The Hall–Kier alpha value is -2.88. The molecule has 3 rings (SSSR count). The monoisotopic (exact) mass is 333 g/mol. The van der Waals surface area contributed by atoms with Gasteiger partial charge in [-0.25, -0.2) is 9.97 Å². The molecule has 1 heterocycles. The highest BCUT2D eigenvalue weighted by atomic mass is 16.5. The molecule has 1 atom stereocenters. The van der Waals surface area contributed by atoms with Crippen LogP contribution >= 0.6 is 0 Å². The van der Waals surface area contributed by atoms with Crippen molar-refractivity contribution in [2.24, 2.45) is 0 Å². The zero-order valence-corrected chi connectivity index (χ0v) is 15.1. The maximum Gasteiger partial charge on any atom is 0.130 e. The molecule has 4 nitrogen and oxygen atoms in total. The van der Waals surface area contributed by atoms with Gasteiger partial charge in [0.1, 0.15) is 17.4 Å². The average molecular weight is 333 g/mol. The summed E-state index contributed by atoms with van der Waals surface area (Å²) in [6, 6.07) is 18.5. The van der Waals surface area contributed by atoms with Gasteiger partial charge in [0.2, 0.25) is 0 Å². The highest BCUT2D eigenvalue weighted by Gasteiger charge is 2.10. The van der Waals surface area contributed by atoms with Crippen molar-refractivity contribution in [3.05, 3.63) is 71.5 Å². The first-order valence-electron chi connectivity index (χ1n) is 8.38. The Labute approximate surface area is 148 Å². The fraction of sp³-hybridized carbons (Fsp3) is 0.238. The molecular formula is C21H23N3O. The second-order valence-corrected chi connectivity index (χ2v) is 6.20. The van der Waals surface area contributed by atoms with Gasteiger partial charge in [-0.1, -0.05) is 35.9 Å². The summed E-state index contributed by atoms with van der Waals surface area (Å²) in [5.74, 6) is 2.42. The van der Waals surface area contributed by atoms with Crippen LogP contribution in [0.25, 0.3) is 11.3 Å². The van der Waals surface area contributed by atoms with Crippen molar-refractivity contribution in [1.29, 1.82) is 0 Å². The third kappa shape index (κ3) is 4.15. The molecule has 0 spiro atoms. The number of aromatic nitrogens is 2. The average Bonchev–Trinajstić information content (AvgIpc) is 2.61. The van der Waals surface area contributed by atoms with Gasteiger partial charge in [-0.15, -0.1) is 0 Å². The van der Waals surface area contributed by atoms with Crippen LogP contribution in [-0.2, 0) is 0 Å². The summed E-state index contributed by atoms with van der Waals surface area (Å²) < 4.78 is 5.31. The molecule has 0 saturated carbocycles. The lowest BCUT2D eigenvalue weighted by Crippen LogP contribution is -2.09. The van der Waals surface area contributed by atoms with Crippen LogP contribution in [0.1, 0.15) is 29.9 Å². The minimum Gasteiger partial charge on any atom is -0.497 e. The zero-order chi connectivity index (χ0) is 17.8. The van der Waals surface area contributed by atoms with E-state index in [1.54, 1.807) is 7.11 Å². The number of rotatable bonds is 5. The van der Waals surface area contributed by atoms with Gasteiger partial charge in [-0.2, -0.15) is 0 Å². The number of methoxy groups -OCH3 is 1. The van der Waals surface area contributed by atoms with Crippen molar-refractivity contribution in [2.75, 3.05) is 12.4 Å². The van der Waals surface area contributed by atoms with Gasteiger partial charge >= 0.3 is 0 Å². The molecule has 128 valence electrons. The fourth-order valence-electron chi connectivity index (χ4n) is 2.81. The van der Waals surface area contributed by atoms with E-state index in [-0.39, 0.29) is 6.04 Å².